The fourth-order valence-electron chi connectivity index (χ4n) is 3.45. The number of benzene rings is 1. The van der Waals surface area contributed by atoms with Gasteiger partial charge >= 0.3 is 0 Å². The molecule has 28 heavy (non-hydrogen) atoms. The predicted octanol–water partition coefficient (Wildman–Crippen LogP) is 1.88. The predicted molar refractivity (Wildman–Crippen MR) is 102 cm³/mol. The highest BCUT2D eigenvalue weighted by Crippen LogP contribution is 2.31. The monoisotopic (exact) mass is 380 g/mol. The highest BCUT2D eigenvalue weighted by Gasteiger charge is 2.42. The summed E-state index contributed by atoms with van der Waals surface area (Å²) in [6.45, 7) is 3.38. The molecule has 0 aliphatic carbocycles. The highest BCUT2D eigenvalue weighted by molar-refractivity contribution is 5.97. The van der Waals surface area contributed by atoms with E-state index in [0.717, 1.165) is 0 Å². The lowest BCUT2D eigenvalue weighted by atomic mass is 10.0. The van der Waals surface area contributed by atoms with Crippen molar-refractivity contribution in [2.75, 3.05) is 11.1 Å². The number of nitrogens with one attached hydrogen (secondary N) is 2. The number of hydrogen-bond donors (Lipinski definition) is 3. The van der Waals surface area contributed by atoms with Gasteiger partial charge in [-0.2, -0.15) is 0 Å². The number of anilines is 3. The summed E-state index contributed by atoms with van der Waals surface area (Å²) in [7, 11) is 0. The first-order chi connectivity index (χ1) is 13.3. The lowest BCUT2D eigenvalue weighted by Crippen LogP contribution is -2.46. The van der Waals surface area contributed by atoms with Gasteiger partial charge in [0.1, 0.15) is 40.8 Å². The summed E-state index contributed by atoms with van der Waals surface area (Å²) in [5.41, 5.74) is 5.43. The van der Waals surface area contributed by atoms with Gasteiger partial charge < -0.3 is 16.4 Å². The van der Waals surface area contributed by atoms with E-state index in [1.165, 1.54) is 35.2 Å². The number of carbonyl (C=O) groups excluding carboxylic acids is 1. The molecule has 2 aromatic heterocycles. The third-order valence-corrected chi connectivity index (χ3v) is 4.75. The van der Waals surface area contributed by atoms with E-state index in [1.54, 1.807) is 26.0 Å². The zero-order valence-electron chi connectivity index (χ0n) is 15.2. The van der Waals surface area contributed by atoms with Crippen molar-refractivity contribution in [2.45, 2.75) is 19.5 Å². The maximum Gasteiger partial charge on any atom is 0.277 e. The van der Waals surface area contributed by atoms with Gasteiger partial charge in [0, 0.05) is 11.6 Å². The number of hydrogen-bond acceptors (Lipinski definition) is 6. The van der Waals surface area contributed by atoms with Crippen LogP contribution < -0.4 is 21.9 Å². The zero-order valence-corrected chi connectivity index (χ0v) is 15.2. The fourth-order valence-corrected chi connectivity index (χ4v) is 3.45. The van der Waals surface area contributed by atoms with E-state index in [0.29, 0.717) is 16.9 Å². The van der Waals surface area contributed by atoms with Crippen LogP contribution in [0.4, 0.5) is 21.7 Å². The van der Waals surface area contributed by atoms with Crippen LogP contribution in [0.25, 0.3) is 0 Å². The topological polar surface area (TPSA) is 115 Å². The molecule has 1 amide bonds. The average Bonchev–Trinajstić information content (AvgIpc) is 2.92. The number of nitrogens with two attached hydrogens (primary N) is 1. The summed E-state index contributed by atoms with van der Waals surface area (Å²) in [6, 6.07) is 8.85. The first kappa shape index (κ1) is 17.7. The molecule has 1 aromatic carbocycles. The van der Waals surface area contributed by atoms with Crippen LogP contribution in [0, 0.1) is 12.7 Å². The Kier molecular flexibility index (Phi) is 3.88. The maximum absolute atomic E-state index is 13.8. The maximum atomic E-state index is 13.8. The molecule has 9 heteroatoms. The van der Waals surface area contributed by atoms with Gasteiger partial charge in [0.15, 0.2) is 0 Å². The number of rotatable bonds is 3. The van der Waals surface area contributed by atoms with Crippen LogP contribution >= 0.6 is 0 Å². The van der Waals surface area contributed by atoms with Gasteiger partial charge in [0.05, 0.1) is 0 Å². The number of nitrogen functional groups attached to an aromatic ring is 1. The molecule has 0 bridgehead atoms. The summed E-state index contributed by atoms with van der Waals surface area (Å²) in [6.07, 6.45) is 1.28. The molecule has 3 aromatic rings. The quantitative estimate of drug-likeness (QED) is 0.639. The molecule has 0 saturated carbocycles. The highest BCUT2D eigenvalue weighted by atomic mass is 19.1. The Morgan fingerprint density at radius 1 is 1.21 bits per heavy atom. The smallest absolute Gasteiger partial charge is 0.277 e. The van der Waals surface area contributed by atoms with Crippen molar-refractivity contribution in [3.63, 3.8) is 0 Å². The summed E-state index contributed by atoms with van der Waals surface area (Å²) in [5, 5.41) is 5.73. The molecule has 0 radical (unpaired) electrons. The van der Waals surface area contributed by atoms with Crippen LogP contribution in [0.15, 0.2) is 47.5 Å². The average molecular weight is 380 g/mol. The summed E-state index contributed by atoms with van der Waals surface area (Å²) in [5.74, 6) is -0.276. The van der Waals surface area contributed by atoms with Gasteiger partial charge in [-0.15, -0.1) is 0 Å². The van der Waals surface area contributed by atoms with E-state index in [2.05, 4.69) is 20.6 Å². The Labute approximate surface area is 159 Å². The van der Waals surface area contributed by atoms with E-state index in [9.17, 15) is 14.0 Å². The normalized spacial score (nSPS) is 17.9. The Morgan fingerprint density at radius 2 is 2.00 bits per heavy atom. The van der Waals surface area contributed by atoms with Crippen LogP contribution in [-0.4, -0.2) is 20.4 Å². The standard InChI is InChI=1S/C19H17FN6O2/c1-10-6-13(24-15-8-14(21)22-9-23-15)18(28)26-16(10)17(27)25-19(26,2)11-4-3-5-12(20)7-11/h3-9H,1-2H3,(H,25,27)(H3,21,22,23,24). The number of halogens is 1. The van der Waals surface area contributed by atoms with Gasteiger partial charge in [-0.3, -0.25) is 14.2 Å². The number of aryl methyl sites for hydroxylation is 1. The van der Waals surface area contributed by atoms with Gasteiger partial charge in [-0.05, 0) is 37.6 Å². The molecule has 4 rings (SSSR count). The van der Waals surface area contributed by atoms with E-state index < -0.39 is 22.9 Å². The Hall–Kier alpha value is -3.75. The summed E-state index contributed by atoms with van der Waals surface area (Å²) in [4.78, 5) is 33.7. The summed E-state index contributed by atoms with van der Waals surface area (Å²) < 4.78 is 15.1. The number of pyridine rings is 1. The van der Waals surface area contributed by atoms with Crippen LogP contribution in [0.1, 0.15) is 28.5 Å². The third kappa shape index (κ3) is 2.68. The molecule has 4 N–H and O–H groups in total. The van der Waals surface area contributed by atoms with Crippen molar-refractivity contribution in [3.05, 3.63) is 75.7 Å². The molecule has 0 spiro atoms. The molecule has 0 saturated heterocycles. The van der Waals surface area contributed by atoms with Gasteiger partial charge in [0.2, 0.25) is 0 Å². The SMILES string of the molecule is Cc1cc(Nc2cc(N)ncn2)c(=O)n2c1C(=O)NC2(C)c1cccc(F)c1. The second-order valence-corrected chi connectivity index (χ2v) is 6.72. The Balaban J connectivity index is 1.91. The largest absolute Gasteiger partial charge is 0.384 e. The minimum Gasteiger partial charge on any atom is -0.384 e. The molecule has 1 aliphatic rings. The number of amides is 1. The first-order valence-electron chi connectivity index (χ1n) is 8.50. The van der Waals surface area contributed by atoms with E-state index in [4.69, 9.17) is 5.73 Å². The van der Waals surface area contributed by atoms with Crippen LogP contribution in [-0.2, 0) is 5.66 Å². The van der Waals surface area contributed by atoms with Crippen molar-refractivity contribution in [3.8, 4) is 0 Å². The number of carbonyl (C=O) groups is 1. The molecular formula is C19H17FN6O2. The molecule has 1 aliphatic heterocycles. The number of aromatic nitrogens is 3. The second kappa shape index (κ2) is 6.15. The van der Waals surface area contributed by atoms with E-state index in [-0.39, 0.29) is 17.2 Å². The fraction of sp³-hybridized carbons (Fsp3) is 0.158. The molecule has 1 unspecified atom stereocenters. The van der Waals surface area contributed by atoms with Gasteiger partial charge in [-0.1, -0.05) is 12.1 Å². The Bertz CT molecular complexity index is 1180. The molecule has 3 heterocycles. The third-order valence-electron chi connectivity index (χ3n) is 4.75. The molecular weight excluding hydrogens is 363 g/mol. The Morgan fingerprint density at radius 3 is 2.71 bits per heavy atom. The van der Waals surface area contributed by atoms with E-state index in [1.807, 2.05) is 0 Å². The van der Waals surface area contributed by atoms with E-state index >= 15 is 0 Å². The minimum atomic E-state index is -1.24. The van der Waals surface area contributed by atoms with Crippen molar-refractivity contribution in [1.82, 2.24) is 19.9 Å². The van der Waals surface area contributed by atoms with Gasteiger partial charge in [0.25, 0.3) is 11.5 Å². The number of fused-ring (bicyclic) bond motifs is 1. The minimum absolute atomic E-state index is 0.207. The first-order valence-corrected chi connectivity index (χ1v) is 8.50. The molecule has 142 valence electrons. The van der Waals surface area contributed by atoms with Crippen molar-refractivity contribution >= 4 is 23.2 Å². The molecule has 0 fully saturated rings. The van der Waals surface area contributed by atoms with Crippen molar-refractivity contribution in [1.29, 1.82) is 0 Å². The van der Waals surface area contributed by atoms with Crippen LogP contribution in [0.2, 0.25) is 0 Å². The van der Waals surface area contributed by atoms with Crippen molar-refractivity contribution < 1.29 is 9.18 Å². The number of nitrogens with zero attached hydrogens (tertiary/aromatic N) is 3. The van der Waals surface area contributed by atoms with Crippen molar-refractivity contribution in [2.24, 2.45) is 0 Å². The molecule has 1 atom stereocenters. The van der Waals surface area contributed by atoms with Gasteiger partial charge in [-0.25, -0.2) is 14.4 Å². The zero-order chi connectivity index (χ0) is 20.1. The van der Waals surface area contributed by atoms with Crippen LogP contribution in [0.5, 0.6) is 0 Å². The second-order valence-electron chi connectivity index (χ2n) is 6.72. The molecule has 8 nitrogen and oxygen atoms in total. The lowest BCUT2D eigenvalue weighted by molar-refractivity contribution is 0.0941. The lowest BCUT2D eigenvalue weighted by Gasteiger charge is -2.28. The summed E-state index contributed by atoms with van der Waals surface area (Å²) >= 11 is 0. The van der Waals surface area contributed by atoms with Crippen LogP contribution in [0.3, 0.4) is 0 Å².